The van der Waals surface area contributed by atoms with Crippen molar-refractivity contribution in [2.75, 3.05) is 46.5 Å². The van der Waals surface area contributed by atoms with Crippen molar-refractivity contribution in [2.45, 2.75) is 4.90 Å². The standard InChI is InChI=1S/C15H20N2O4S/c1-20-14-5-4-6-15(13-14)22(18,19)16-7-2-3-8-17-9-11-21-12-10-17/h4-6,13,16H,7-12H2,1H3. The van der Waals surface area contributed by atoms with Crippen LogP contribution in [0.3, 0.4) is 0 Å². The van der Waals surface area contributed by atoms with Gasteiger partial charge in [-0.3, -0.25) is 4.90 Å². The van der Waals surface area contributed by atoms with E-state index in [0.29, 0.717) is 12.3 Å². The zero-order valence-corrected chi connectivity index (χ0v) is 13.4. The van der Waals surface area contributed by atoms with Crippen molar-refractivity contribution >= 4 is 10.0 Å². The molecule has 0 aromatic heterocycles. The second-order valence-electron chi connectivity index (χ2n) is 4.75. The molecule has 7 heteroatoms. The largest absolute Gasteiger partial charge is 0.497 e. The lowest BCUT2D eigenvalue weighted by molar-refractivity contribution is 0.0443. The number of nitrogens with one attached hydrogen (secondary N) is 1. The van der Waals surface area contributed by atoms with Crippen LogP contribution in [0, 0.1) is 11.8 Å². The molecule has 2 rings (SSSR count). The maximum atomic E-state index is 12.1. The Balaban J connectivity index is 1.84. The van der Waals surface area contributed by atoms with E-state index in [1.54, 1.807) is 12.1 Å². The van der Waals surface area contributed by atoms with E-state index in [2.05, 4.69) is 21.5 Å². The van der Waals surface area contributed by atoms with Crippen molar-refractivity contribution < 1.29 is 17.9 Å². The lowest BCUT2D eigenvalue weighted by atomic mass is 10.3. The molecule has 1 saturated heterocycles. The zero-order valence-electron chi connectivity index (χ0n) is 12.5. The van der Waals surface area contributed by atoms with Gasteiger partial charge >= 0.3 is 0 Å². The number of nitrogens with zero attached hydrogens (tertiary/aromatic N) is 1. The number of hydrogen-bond acceptors (Lipinski definition) is 5. The molecule has 6 nitrogen and oxygen atoms in total. The maximum Gasteiger partial charge on any atom is 0.241 e. The minimum Gasteiger partial charge on any atom is -0.497 e. The lowest BCUT2D eigenvalue weighted by Crippen LogP contribution is -2.36. The Bertz CT molecular complexity index is 643. The van der Waals surface area contributed by atoms with Crippen LogP contribution in [-0.2, 0) is 14.8 Å². The number of methoxy groups -OCH3 is 1. The first-order valence-electron chi connectivity index (χ1n) is 7.01. The highest BCUT2D eigenvalue weighted by atomic mass is 32.2. The molecule has 1 fully saturated rings. The Morgan fingerprint density at radius 3 is 2.82 bits per heavy atom. The predicted octanol–water partition coefficient (Wildman–Crippen LogP) is 0.309. The van der Waals surface area contributed by atoms with Gasteiger partial charge in [0.1, 0.15) is 5.75 Å². The van der Waals surface area contributed by atoms with Crippen molar-refractivity contribution in [3.8, 4) is 17.6 Å². The van der Waals surface area contributed by atoms with E-state index in [9.17, 15) is 8.42 Å². The number of hydrogen-bond donors (Lipinski definition) is 1. The van der Waals surface area contributed by atoms with E-state index >= 15 is 0 Å². The molecule has 0 amide bonds. The van der Waals surface area contributed by atoms with E-state index < -0.39 is 10.0 Å². The highest BCUT2D eigenvalue weighted by Crippen LogP contribution is 2.16. The fourth-order valence-electron chi connectivity index (χ4n) is 1.97. The Morgan fingerprint density at radius 1 is 1.32 bits per heavy atom. The number of ether oxygens (including phenoxy) is 2. The van der Waals surface area contributed by atoms with Gasteiger partial charge < -0.3 is 9.47 Å². The van der Waals surface area contributed by atoms with E-state index in [-0.39, 0.29) is 11.4 Å². The fourth-order valence-corrected chi connectivity index (χ4v) is 2.93. The highest BCUT2D eigenvalue weighted by Gasteiger charge is 2.13. The Kier molecular flexibility index (Phi) is 6.21. The Hall–Kier alpha value is -1.59. The van der Waals surface area contributed by atoms with E-state index in [4.69, 9.17) is 9.47 Å². The number of benzene rings is 1. The molecule has 1 heterocycles. The third kappa shape index (κ3) is 5.00. The Labute approximate surface area is 131 Å². The van der Waals surface area contributed by atoms with Gasteiger partial charge in [0.2, 0.25) is 10.0 Å². The molecule has 0 saturated carbocycles. The van der Waals surface area contributed by atoms with Gasteiger partial charge in [0, 0.05) is 19.2 Å². The van der Waals surface area contributed by atoms with Crippen LogP contribution in [0.5, 0.6) is 5.75 Å². The van der Waals surface area contributed by atoms with Crippen molar-refractivity contribution in [3.05, 3.63) is 24.3 Å². The number of rotatable bonds is 5. The maximum absolute atomic E-state index is 12.1. The van der Waals surface area contributed by atoms with Crippen LogP contribution in [0.4, 0.5) is 0 Å². The molecular weight excluding hydrogens is 304 g/mol. The summed E-state index contributed by atoms with van der Waals surface area (Å²) in [4.78, 5) is 2.34. The monoisotopic (exact) mass is 324 g/mol. The summed E-state index contributed by atoms with van der Waals surface area (Å²) in [5, 5.41) is 0. The number of sulfonamides is 1. The van der Waals surface area contributed by atoms with Crippen LogP contribution in [-0.4, -0.2) is 59.8 Å². The van der Waals surface area contributed by atoms with Crippen molar-refractivity contribution in [3.63, 3.8) is 0 Å². The Morgan fingerprint density at radius 2 is 2.09 bits per heavy atom. The third-order valence-corrected chi connectivity index (χ3v) is 4.63. The minimum atomic E-state index is -3.56. The smallest absolute Gasteiger partial charge is 0.241 e. The summed E-state index contributed by atoms with van der Waals surface area (Å²) < 4.78 is 36.9. The molecule has 1 aromatic carbocycles. The normalized spacial score (nSPS) is 15.9. The molecule has 1 aliphatic heterocycles. The van der Waals surface area contributed by atoms with Gasteiger partial charge in [0.05, 0.1) is 38.3 Å². The summed E-state index contributed by atoms with van der Waals surface area (Å²) >= 11 is 0. The van der Waals surface area contributed by atoms with Crippen LogP contribution >= 0.6 is 0 Å². The minimum absolute atomic E-state index is 0.0872. The lowest BCUT2D eigenvalue weighted by Gasteiger charge is -2.24. The molecule has 1 N–H and O–H groups in total. The molecule has 0 unspecified atom stereocenters. The molecule has 0 bridgehead atoms. The predicted molar refractivity (Wildman–Crippen MR) is 83.2 cm³/mol. The molecule has 0 atom stereocenters. The molecule has 0 radical (unpaired) electrons. The van der Waals surface area contributed by atoms with E-state index in [0.717, 1.165) is 26.3 Å². The first-order valence-corrected chi connectivity index (χ1v) is 8.50. The van der Waals surface area contributed by atoms with Gasteiger partial charge in [-0.1, -0.05) is 17.9 Å². The molecular formula is C15H20N2O4S. The first-order chi connectivity index (χ1) is 10.6. The van der Waals surface area contributed by atoms with E-state index in [1.165, 1.54) is 19.2 Å². The SMILES string of the molecule is COc1cccc(S(=O)(=O)NCC#CCN2CCOCC2)c1. The third-order valence-electron chi connectivity index (χ3n) is 3.23. The first kappa shape index (κ1) is 16.8. The summed E-state index contributed by atoms with van der Waals surface area (Å²) in [6.45, 7) is 3.90. The molecule has 0 aliphatic carbocycles. The average Bonchev–Trinajstić information content (AvgIpc) is 2.55. The van der Waals surface area contributed by atoms with Gasteiger partial charge in [0.25, 0.3) is 0 Å². The van der Waals surface area contributed by atoms with E-state index in [1.807, 2.05) is 0 Å². The number of morpholine rings is 1. The highest BCUT2D eigenvalue weighted by molar-refractivity contribution is 7.89. The summed E-state index contributed by atoms with van der Waals surface area (Å²) in [5.74, 6) is 6.30. The van der Waals surface area contributed by atoms with Crippen molar-refractivity contribution in [1.82, 2.24) is 9.62 Å². The molecule has 120 valence electrons. The quantitative estimate of drug-likeness (QED) is 0.790. The van der Waals surface area contributed by atoms with Crippen molar-refractivity contribution in [2.24, 2.45) is 0 Å². The second-order valence-corrected chi connectivity index (χ2v) is 6.51. The van der Waals surface area contributed by atoms with Crippen LogP contribution in [0.2, 0.25) is 0 Å². The topological polar surface area (TPSA) is 67.9 Å². The second kappa shape index (κ2) is 8.15. The van der Waals surface area contributed by atoms with Crippen molar-refractivity contribution in [1.29, 1.82) is 0 Å². The summed E-state index contributed by atoms with van der Waals surface area (Å²) in [6.07, 6.45) is 0. The van der Waals surface area contributed by atoms with Crippen LogP contribution in [0.25, 0.3) is 0 Å². The zero-order chi connectivity index (χ0) is 15.8. The molecule has 22 heavy (non-hydrogen) atoms. The van der Waals surface area contributed by atoms with Crippen LogP contribution < -0.4 is 9.46 Å². The van der Waals surface area contributed by atoms with Crippen LogP contribution in [0.1, 0.15) is 0 Å². The van der Waals surface area contributed by atoms with Gasteiger partial charge in [-0.2, -0.15) is 4.72 Å². The molecule has 1 aliphatic rings. The average molecular weight is 324 g/mol. The van der Waals surface area contributed by atoms with Gasteiger partial charge in [-0.05, 0) is 12.1 Å². The molecule has 1 aromatic rings. The van der Waals surface area contributed by atoms with Gasteiger partial charge in [-0.25, -0.2) is 8.42 Å². The van der Waals surface area contributed by atoms with Gasteiger partial charge in [-0.15, -0.1) is 0 Å². The fraction of sp³-hybridized carbons (Fsp3) is 0.467. The van der Waals surface area contributed by atoms with Crippen LogP contribution in [0.15, 0.2) is 29.2 Å². The summed E-state index contributed by atoms with van der Waals surface area (Å²) in [6, 6.07) is 6.33. The van der Waals surface area contributed by atoms with Gasteiger partial charge in [0.15, 0.2) is 0 Å². The summed E-state index contributed by atoms with van der Waals surface area (Å²) in [5.41, 5.74) is 0. The summed E-state index contributed by atoms with van der Waals surface area (Å²) in [7, 11) is -2.07. The molecule has 0 spiro atoms.